The van der Waals surface area contributed by atoms with Gasteiger partial charge < -0.3 is 0 Å². The van der Waals surface area contributed by atoms with Crippen LogP contribution in [0.3, 0.4) is 0 Å². The lowest BCUT2D eigenvalue weighted by atomic mass is 10.0. The van der Waals surface area contributed by atoms with E-state index in [-0.39, 0.29) is 11.7 Å². The zero-order valence-corrected chi connectivity index (χ0v) is 8.45. The molecule has 0 saturated heterocycles. The van der Waals surface area contributed by atoms with Gasteiger partial charge in [0.1, 0.15) is 0 Å². The van der Waals surface area contributed by atoms with Crippen molar-refractivity contribution < 1.29 is 4.79 Å². The van der Waals surface area contributed by atoms with Crippen LogP contribution in [0, 0.1) is 17.8 Å². The summed E-state index contributed by atoms with van der Waals surface area (Å²) in [6.07, 6.45) is 2.46. The normalized spacial score (nSPS) is 11.6. The molecule has 0 saturated carbocycles. The fourth-order valence-electron chi connectivity index (χ4n) is 0.613. The van der Waals surface area contributed by atoms with Gasteiger partial charge in [-0.25, -0.2) is 0 Å². The topological polar surface area (TPSA) is 17.1 Å². The Hall–Kier alpha value is -0.480. The van der Waals surface area contributed by atoms with E-state index in [4.69, 9.17) is 11.6 Å². The highest BCUT2D eigenvalue weighted by Crippen LogP contribution is 2.00. The SMILES string of the molecule is CCC(C)C(=O)C#CCCCCl. The highest BCUT2D eigenvalue weighted by molar-refractivity contribution is 6.17. The van der Waals surface area contributed by atoms with Crippen molar-refractivity contribution in [3.8, 4) is 11.8 Å². The van der Waals surface area contributed by atoms with Crippen molar-refractivity contribution in [2.75, 3.05) is 5.88 Å². The largest absolute Gasteiger partial charge is 0.285 e. The van der Waals surface area contributed by atoms with Gasteiger partial charge in [-0.3, -0.25) is 4.79 Å². The maximum atomic E-state index is 11.1. The number of alkyl halides is 1. The summed E-state index contributed by atoms with van der Waals surface area (Å²) in [6.45, 7) is 3.89. The number of Topliss-reactive ketones (excluding diaryl/α,β-unsaturated/α-hetero) is 1. The van der Waals surface area contributed by atoms with Gasteiger partial charge in [-0.2, -0.15) is 0 Å². The molecule has 0 bridgehead atoms. The van der Waals surface area contributed by atoms with Crippen molar-refractivity contribution in [3.63, 3.8) is 0 Å². The molecule has 0 N–H and O–H groups in total. The van der Waals surface area contributed by atoms with Gasteiger partial charge in [-0.15, -0.1) is 11.6 Å². The highest BCUT2D eigenvalue weighted by Gasteiger charge is 2.05. The zero-order chi connectivity index (χ0) is 9.40. The minimum Gasteiger partial charge on any atom is -0.285 e. The second kappa shape index (κ2) is 7.18. The number of unbranched alkanes of at least 4 members (excludes halogenated alkanes) is 1. The summed E-state index contributed by atoms with van der Waals surface area (Å²) in [5, 5.41) is 0. The predicted molar refractivity (Wildman–Crippen MR) is 52.2 cm³/mol. The van der Waals surface area contributed by atoms with Crippen LogP contribution in [0.25, 0.3) is 0 Å². The lowest BCUT2D eigenvalue weighted by Crippen LogP contribution is -2.06. The summed E-state index contributed by atoms with van der Waals surface area (Å²) in [5.41, 5.74) is 0. The van der Waals surface area contributed by atoms with Gasteiger partial charge in [0.15, 0.2) is 0 Å². The Balaban J connectivity index is 3.71. The third-order valence-corrected chi connectivity index (χ3v) is 1.97. The maximum absolute atomic E-state index is 11.1. The smallest absolute Gasteiger partial charge is 0.208 e. The number of ketones is 1. The van der Waals surface area contributed by atoms with Crippen LogP contribution >= 0.6 is 11.6 Å². The quantitative estimate of drug-likeness (QED) is 0.286. The van der Waals surface area contributed by atoms with E-state index in [0.717, 1.165) is 19.3 Å². The molecule has 0 aromatic carbocycles. The van der Waals surface area contributed by atoms with E-state index in [2.05, 4.69) is 11.8 Å². The molecule has 1 unspecified atom stereocenters. The van der Waals surface area contributed by atoms with Gasteiger partial charge in [0.2, 0.25) is 5.78 Å². The third-order valence-electron chi connectivity index (χ3n) is 1.71. The minimum atomic E-state index is 0.0482. The van der Waals surface area contributed by atoms with Crippen LogP contribution in [0.4, 0.5) is 0 Å². The van der Waals surface area contributed by atoms with Gasteiger partial charge in [-0.1, -0.05) is 19.8 Å². The minimum absolute atomic E-state index is 0.0482. The van der Waals surface area contributed by atoms with Crippen LogP contribution in [-0.4, -0.2) is 11.7 Å². The molecule has 2 heteroatoms. The van der Waals surface area contributed by atoms with Crippen LogP contribution < -0.4 is 0 Å². The van der Waals surface area contributed by atoms with Gasteiger partial charge in [0.05, 0.1) is 0 Å². The molecule has 68 valence electrons. The fourth-order valence-corrected chi connectivity index (χ4v) is 0.747. The summed E-state index contributed by atoms with van der Waals surface area (Å²) < 4.78 is 0. The molecule has 0 aliphatic rings. The zero-order valence-electron chi connectivity index (χ0n) is 7.69. The molecule has 1 nitrogen and oxygen atoms in total. The summed E-state index contributed by atoms with van der Waals surface area (Å²) in [7, 11) is 0. The van der Waals surface area contributed by atoms with Crippen molar-refractivity contribution in [2.24, 2.45) is 5.92 Å². The van der Waals surface area contributed by atoms with Crippen LogP contribution in [0.2, 0.25) is 0 Å². The maximum Gasteiger partial charge on any atom is 0.208 e. The van der Waals surface area contributed by atoms with Crippen molar-refractivity contribution in [1.82, 2.24) is 0 Å². The first-order valence-electron chi connectivity index (χ1n) is 4.31. The molecule has 12 heavy (non-hydrogen) atoms. The molecule has 1 atom stereocenters. The standard InChI is InChI=1S/C10H15ClO/c1-3-9(2)10(12)7-5-4-6-8-11/h9H,3-4,6,8H2,1-2H3. The molecule has 0 rings (SSSR count). The van der Waals surface area contributed by atoms with Gasteiger partial charge >= 0.3 is 0 Å². The van der Waals surface area contributed by atoms with Gasteiger partial charge in [0, 0.05) is 18.2 Å². The van der Waals surface area contributed by atoms with Gasteiger partial charge in [0.25, 0.3) is 0 Å². The van der Waals surface area contributed by atoms with Crippen molar-refractivity contribution in [3.05, 3.63) is 0 Å². The summed E-state index contributed by atoms with van der Waals surface area (Å²) >= 11 is 5.45. The number of rotatable bonds is 4. The van der Waals surface area contributed by atoms with E-state index < -0.39 is 0 Å². The van der Waals surface area contributed by atoms with E-state index in [9.17, 15) is 4.79 Å². The molecular weight excluding hydrogens is 172 g/mol. The second-order valence-corrected chi connectivity index (χ2v) is 3.15. The second-order valence-electron chi connectivity index (χ2n) is 2.77. The first kappa shape index (κ1) is 11.5. The van der Waals surface area contributed by atoms with E-state index in [1.165, 1.54) is 0 Å². The lowest BCUT2D eigenvalue weighted by molar-refractivity contribution is -0.116. The molecule has 0 aliphatic heterocycles. The Bertz CT molecular complexity index is 188. The molecule has 0 spiro atoms. The molecule has 0 aromatic rings. The molecule has 0 fully saturated rings. The first-order valence-corrected chi connectivity index (χ1v) is 4.84. The lowest BCUT2D eigenvalue weighted by Gasteiger charge is -1.98. The van der Waals surface area contributed by atoms with Crippen LogP contribution in [-0.2, 0) is 4.79 Å². The van der Waals surface area contributed by atoms with Crippen LogP contribution in [0.1, 0.15) is 33.1 Å². The Morgan fingerprint density at radius 2 is 2.25 bits per heavy atom. The van der Waals surface area contributed by atoms with E-state index >= 15 is 0 Å². The predicted octanol–water partition coefficient (Wildman–Crippen LogP) is 2.62. The fraction of sp³-hybridized carbons (Fsp3) is 0.700. The number of hydrogen-bond acceptors (Lipinski definition) is 1. The molecule has 0 aromatic heterocycles. The van der Waals surface area contributed by atoms with Crippen molar-refractivity contribution in [1.29, 1.82) is 0 Å². The third kappa shape index (κ3) is 5.21. The molecule has 0 aliphatic carbocycles. The number of carbonyl (C=O) groups is 1. The molecular formula is C10H15ClO. The Morgan fingerprint density at radius 1 is 1.58 bits per heavy atom. The first-order chi connectivity index (χ1) is 5.72. The highest BCUT2D eigenvalue weighted by atomic mass is 35.5. The van der Waals surface area contributed by atoms with Crippen LogP contribution in [0.5, 0.6) is 0 Å². The Morgan fingerprint density at radius 3 is 2.75 bits per heavy atom. The van der Waals surface area contributed by atoms with Gasteiger partial charge in [-0.05, 0) is 18.8 Å². The van der Waals surface area contributed by atoms with E-state index in [1.54, 1.807) is 0 Å². The van der Waals surface area contributed by atoms with Crippen molar-refractivity contribution >= 4 is 17.4 Å². The summed E-state index contributed by atoms with van der Waals surface area (Å²) in [6, 6.07) is 0. The average molecular weight is 187 g/mol. The van der Waals surface area contributed by atoms with E-state index in [0.29, 0.717) is 5.88 Å². The number of halogens is 1. The van der Waals surface area contributed by atoms with Crippen LogP contribution in [0.15, 0.2) is 0 Å². The average Bonchev–Trinajstić information content (AvgIpc) is 2.10. The molecule has 0 radical (unpaired) electrons. The van der Waals surface area contributed by atoms with E-state index in [1.807, 2.05) is 13.8 Å². The molecule has 0 amide bonds. The number of carbonyl (C=O) groups excluding carboxylic acids is 1. The molecule has 0 heterocycles. The monoisotopic (exact) mass is 186 g/mol. The summed E-state index contributed by atoms with van der Waals surface area (Å²) in [4.78, 5) is 11.1. The Kier molecular flexibility index (Phi) is 6.90. The Labute approximate surface area is 79.5 Å². The number of hydrogen-bond donors (Lipinski definition) is 0. The van der Waals surface area contributed by atoms with Crippen molar-refractivity contribution in [2.45, 2.75) is 33.1 Å². The summed E-state index contributed by atoms with van der Waals surface area (Å²) in [5.74, 6) is 6.18.